The highest BCUT2D eigenvalue weighted by Gasteiger charge is 2.32. The Bertz CT molecular complexity index is 183. The Morgan fingerprint density at radius 3 is 2.36 bits per heavy atom. The average molecular weight is 216 g/mol. The van der Waals surface area contributed by atoms with Crippen LogP contribution in [0.15, 0.2) is 0 Å². The van der Waals surface area contributed by atoms with Crippen molar-refractivity contribution in [3.05, 3.63) is 0 Å². The van der Waals surface area contributed by atoms with Crippen LogP contribution in [-0.2, 0) is 0 Å². The monoisotopic (exact) mass is 216 g/mol. The largest absolute Gasteiger partial charge is 0.391 e. The highest BCUT2D eigenvalue weighted by atomic mass is 32.2. The summed E-state index contributed by atoms with van der Waals surface area (Å²) in [6, 6.07) is 0.457. The molecule has 1 aliphatic carbocycles. The molecule has 1 heterocycles. The Balaban J connectivity index is 1.82. The molecule has 14 heavy (non-hydrogen) atoms. The molecule has 0 radical (unpaired) electrons. The number of aliphatic hydroxyl groups excluding tert-OH is 1. The van der Waals surface area contributed by atoms with Crippen molar-refractivity contribution in [3.8, 4) is 0 Å². The fraction of sp³-hybridized carbons (Fsp3) is 1.00. The van der Waals surface area contributed by atoms with E-state index in [0.29, 0.717) is 6.04 Å². The van der Waals surface area contributed by atoms with Gasteiger partial charge in [-0.05, 0) is 25.5 Å². The van der Waals surface area contributed by atoms with E-state index in [9.17, 15) is 5.11 Å². The molecular formula is C10H20N2OS. The Morgan fingerprint density at radius 2 is 1.86 bits per heavy atom. The van der Waals surface area contributed by atoms with E-state index in [2.05, 4.69) is 15.5 Å². The smallest absolute Gasteiger partial charge is 0.0695 e. The van der Waals surface area contributed by atoms with Crippen LogP contribution in [0.4, 0.5) is 0 Å². The standard InChI is InChI=1S/C10H20N2OS/c1-14-12-7-5-11(6-8-12)9-3-2-4-10(9)13/h9-10,13H,2-8H2,1H3. The van der Waals surface area contributed by atoms with Gasteiger partial charge in [0, 0.05) is 32.2 Å². The van der Waals surface area contributed by atoms with Crippen molar-refractivity contribution >= 4 is 11.9 Å². The molecule has 0 bridgehead atoms. The van der Waals surface area contributed by atoms with E-state index < -0.39 is 0 Å². The van der Waals surface area contributed by atoms with Gasteiger partial charge in [0.1, 0.15) is 0 Å². The number of piperazine rings is 1. The SMILES string of the molecule is CSN1CCN(C2CCCC2O)CC1. The van der Waals surface area contributed by atoms with Crippen molar-refractivity contribution in [1.29, 1.82) is 0 Å². The van der Waals surface area contributed by atoms with Crippen molar-refractivity contribution in [2.45, 2.75) is 31.4 Å². The minimum Gasteiger partial charge on any atom is -0.391 e. The topological polar surface area (TPSA) is 26.7 Å². The van der Waals surface area contributed by atoms with E-state index in [1.54, 1.807) is 0 Å². The van der Waals surface area contributed by atoms with Crippen LogP contribution in [0.2, 0.25) is 0 Å². The lowest BCUT2D eigenvalue weighted by molar-refractivity contribution is 0.0527. The maximum atomic E-state index is 9.80. The summed E-state index contributed by atoms with van der Waals surface area (Å²) in [5, 5.41) is 9.80. The summed E-state index contributed by atoms with van der Waals surface area (Å²) in [4.78, 5) is 2.48. The first kappa shape index (κ1) is 10.7. The van der Waals surface area contributed by atoms with E-state index in [1.807, 2.05) is 11.9 Å². The van der Waals surface area contributed by atoms with E-state index in [4.69, 9.17) is 0 Å². The fourth-order valence-electron chi connectivity index (χ4n) is 2.56. The van der Waals surface area contributed by atoms with Crippen LogP contribution in [0.5, 0.6) is 0 Å². The normalized spacial score (nSPS) is 36.4. The molecular weight excluding hydrogens is 196 g/mol. The zero-order chi connectivity index (χ0) is 9.97. The average Bonchev–Trinajstić information content (AvgIpc) is 2.65. The summed E-state index contributed by atoms with van der Waals surface area (Å²) < 4.78 is 2.40. The summed E-state index contributed by atoms with van der Waals surface area (Å²) in [6.45, 7) is 4.54. The molecule has 3 nitrogen and oxygen atoms in total. The molecule has 1 N–H and O–H groups in total. The van der Waals surface area contributed by atoms with Crippen LogP contribution in [0.25, 0.3) is 0 Å². The van der Waals surface area contributed by atoms with Gasteiger partial charge in [0.2, 0.25) is 0 Å². The van der Waals surface area contributed by atoms with Gasteiger partial charge in [-0.25, -0.2) is 4.31 Å². The highest BCUT2D eigenvalue weighted by molar-refractivity contribution is 7.96. The first-order chi connectivity index (χ1) is 6.81. The molecule has 2 fully saturated rings. The van der Waals surface area contributed by atoms with Gasteiger partial charge in [-0.2, -0.15) is 0 Å². The fourth-order valence-corrected chi connectivity index (χ4v) is 3.09. The molecule has 1 aliphatic heterocycles. The number of aliphatic hydroxyl groups is 1. The summed E-state index contributed by atoms with van der Waals surface area (Å²) in [6.07, 6.45) is 5.48. The number of nitrogens with zero attached hydrogens (tertiary/aromatic N) is 2. The number of hydrogen-bond acceptors (Lipinski definition) is 4. The van der Waals surface area contributed by atoms with Gasteiger partial charge in [-0.15, -0.1) is 0 Å². The summed E-state index contributed by atoms with van der Waals surface area (Å²) >= 11 is 1.84. The van der Waals surface area contributed by atoms with Crippen LogP contribution in [0.1, 0.15) is 19.3 Å². The second kappa shape index (κ2) is 4.84. The quantitative estimate of drug-likeness (QED) is 0.691. The van der Waals surface area contributed by atoms with Gasteiger partial charge in [0.25, 0.3) is 0 Å². The van der Waals surface area contributed by atoms with E-state index in [1.165, 1.54) is 12.8 Å². The van der Waals surface area contributed by atoms with Crippen LogP contribution < -0.4 is 0 Å². The van der Waals surface area contributed by atoms with E-state index in [0.717, 1.165) is 32.6 Å². The summed E-state index contributed by atoms with van der Waals surface area (Å²) in [5.41, 5.74) is 0. The van der Waals surface area contributed by atoms with Gasteiger partial charge < -0.3 is 5.11 Å². The Labute approximate surface area is 90.6 Å². The Morgan fingerprint density at radius 1 is 1.14 bits per heavy atom. The zero-order valence-electron chi connectivity index (χ0n) is 8.85. The van der Waals surface area contributed by atoms with Crippen molar-refractivity contribution in [3.63, 3.8) is 0 Å². The Hall–Kier alpha value is 0.230. The van der Waals surface area contributed by atoms with Gasteiger partial charge in [0.05, 0.1) is 6.10 Å². The first-order valence-electron chi connectivity index (χ1n) is 5.52. The van der Waals surface area contributed by atoms with E-state index in [-0.39, 0.29) is 6.10 Å². The molecule has 1 saturated heterocycles. The molecule has 2 aliphatic rings. The predicted molar refractivity (Wildman–Crippen MR) is 60.3 cm³/mol. The molecule has 0 aromatic rings. The minimum absolute atomic E-state index is 0.0594. The van der Waals surface area contributed by atoms with Crippen molar-refractivity contribution in [1.82, 2.24) is 9.21 Å². The minimum atomic E-state index is -0.0594. The maximum absolute atomic E-state index is 9.80. The zero-order valence-corrected chi connectivity index (χ0v) is 9.67. The van der Waals surface area contributed by atoms with Crippen molar-refractivity contribution < 1.29 is 5.11 Å². The third kappa shape index (κ3) is 2.24. The molecule has 82 valence electrons. The molecule has 0 aromatic carbocycles. The molecule has 0 amide bonds. The molecule has 4 heteroatoms. The van der Waals surface area contributed by atoms with Crippen LogP contribution in [0.3, 0.4) is 0 Å². The lowest BCUT2D eigenvalue weighted by Gasteiger charge is -2.38. The maximum Gasteiger partial charge on any atom is 0.0695 e. The lowest BCUT2D eigenvalue weighted by Crippen LogP contribution is -2.50. The second-order valence-corrected chi connectivity index (χ2v) is 5.09. The predicted octanol–water partition coefficient (Wildman–Crippen LogP) is 0.795. The third-order valence-electron chi connectivity index (χ3n) is 3.44. The Kier molecular flexibility index (Phi) is 3.71. The molecule has 2 atom stereocenters. The first-order valence-corrected chi connectivity index (χ1v) is 6.70. The number of rotatable bonds is 2. The van der Waals surface area contributed by atoms with Crippen LogP contribution in [-0.4, -0.2) is 58.9 Å². The molecule has 0 aromatic heterocycles. The van der Waals surface area contributed by atoms with Crippen molar-refractivity contribution in [2.75, 3.05) is 32.4 Å². The highest BCUT2D eigenvalue weighted by Crippen LogP contribution is 2.25. The molecule has 2 rings (SSSR count). The lowest BCUT2D eigenvalue weighted by atomic mass is 10.1. The van der Waals surface area contributed by atoms with Crippen LogP contribution in [0, 0.1) is 0 Å². The molecule has 2 unspecified atom stereocenters. The van der Waals surface area contributed by atoms with Gasteiger partial charge >= 0.3 is 0 Å². The van der Waals surface area contributed by atoms with Crippen LogP contribution >= 0.6 is 11.9 Å². The number of hydrogen-bond donors (Lipinski definition) is 1. The van der Waals surface area contributed by atoms with Gasteiger partial charge in [-0.3, -0.25) is 4.90 Å². The summed E-state index contributed by atoms with van der Waals surface area (Å²) in [7, 11) is 0. The van der Waals surface area contributed by atoms with Crippen molar-refractivity contribution in [2.24, 2.45) is 0 Å². The third-order valence-corrected chi connectivity index (χ3v) is 4.33. The molecule has 0 spiro atoms. The summed E-state index contributed by atoms with van der Waals surface area (Å²) in [5.74, 6) is 0. The van der Waals surface area contributed by atoms with Gasteiger partial charge in [0.15, 0.2) is 0 Å². The molecule has 1 saturated carbocycles. The van der Waals surface area contributed by atoms with E-state index >= 15 is 0 Å². The van der Waals surface area contributed by atoms with Gasteiger partial charge in [-0.1, -0.05) is 11.9 Å². The second-order valence-electron chi connectivity index (χ2n) is 4.21.